The van der Waals surface area contributed by atoms with Crippen LogP contribution in [0.5, 0.6) is 0 Å². The largest absolute Gasteiger partial charge is 0.381 e. The van der Waals surface area contributed by atoms with E-state index in [9.17, 15) is 4.79 Å². The minimum atomic E-state index is 0.0329. The van der Waals surface area contributed by atoms with Gasteiger partial charge in [-0.3, -0.25) is 4.79 Å². The van der Waals surface area contributed by atoms with Gasteiger partial charge in [0.1, 0.15) is 11.6 Å². The maximum Gasteiger partial charge on any atom is 0.228 e. The standard InChI is InChI=1S/C22H27ClN4O2/c1-15-20(13-17-3-5-19(23)6-4-17)21(25-16(2)24-15)26-8-10-27(11-9-26)22(28)18-7-12-29-14-18/h3-6,18H,7-14H2,1-2H3/t18-/m0/s1. The predicted octanol–water partition coefficient (Wildman–Crippen LogP) is 3.02. The van der Waals surface area contributed by atoms with Gasteiger partial charge < -0.3 is 14.5 Å². The van der Waals surface area contributed by atoms with Crippen molar-refractivity contribution in [1.29, 1.82) is 0 Å². The molecule has 7 heteroatoms. The first-order chi connectivity index (χ1) is 14.0. The molecule has 0 unspecified atom stereocenters. The van der Waals surface area contributed by atoms with Gasteiger partial charge in [-0.15, -0.1) is 0 Å². The van der Waals surface area contributed by atoms with Crippen LogP contribution >= 0.6 is 11.6 Å². The lowest BCUT2D eigenvalue weighted by atomic mass is 10.0. The molecule has 2 saturated heterocycles. The molecule has 2 aliphatic rings. The zero-order chi connectivity index (χ0) is 20.4. The number of piperazine rings is 1. The highest BCUT2D eigenvalue weighted by Crippen LogP contribution is 2.26. The Hall–Kier alpha value is -2.18. The van der Waals surface area contributed by atoms with Gasteiger partial charge in [0.05, 0.1) is 12.5 Å². The fraction of sp³-hybridized carbons (Fsp3) is 0.500. The molecule has 0 aliphatic carbocycles. The maximum absolute atomic E-state index is 12.7. The Kier molecular flexibility index (Phi) is 6.01. The Morgan fingerprint density at radius 2 is 1.86 bits per heavy atom. The van der Waals surface area contributed by atoms with E-state index in [1.807, 2.05) is 43.0 Å². The van der Waals surface area contributed by atoms with Crippen molar-refractivity contribution in [3.05, 3.63) is 51.9 Å². The molecule has 2 aliphatic heterocycles. The van der Waals surface area contributed by atoms with Crippen LogP contribution in [0, 0.1) is 19.8 Å². The van der Waals surface area contributed by atoms with Crippen LogP contribution in [0.1, 0.15) is 29.1 Å². The van der Waals surface area contributed by atoms with Crippen molar-refractivity contribution in [2.75, 3.05) is 44.3 Å². The van der Waals surface area contributed by atoms with E-state index < -0.39 is 0 Å². The highest BCUT2D eigenvalue weighted by molar-refractivity contribution is 6.30. The number of ether oxygens (including phenoxy) is 1. The molecule has 0 bridgehead atoms. The second kappa shape index (κ2) is 8.67. The zero-order valence-electron chi connectivity index (χ0n) is 17.0. The minimum absolute atomic E-state index is 0.0329. The number of rotatable bonds is 4. The van der Waals surface area contributed by atoms with E-state index in [2.05, 4.69) is 9.88 Å². The van der Waals surface area contributed by atoms with Crippen LogP contribution in [0.4, 0.5) is 5.82 Å². The van der Waals surface area contributed by atoms with Gasteiger partial charge in [0.15, 0.2) is 0 Å². The van der Waals surface area contributed by atoms with Crippen molar-refractivity contribution in [2.24, 2.45) is 5.92 Å². The molecule has 0 spiro atoms. The van der Waals surface area contributed by atoms with Crippen LogP contribution in [0.15, 0.2) is 24.3 Å². The fourth-order valence-corrected chi connectivity index (χ4v) is 4.24. The van der Waals surface area contributed by atoms with E-state index in [1.54, 1.807) is 0 Å². The molecular weight excluding hydrogens is 388 g/mol. The van der Waals surface area contributed by atoms with Crippen LogP contribution < -0.4 is 4.90 Å². The van der Waals surface area contributed by atoms with Crippen molar-refractivity contribution >= 4 is 23.3 Å². The number of aromatic nitrogens is 2. The molecule has 2 fully saturated rings. The molecule has 3 heterocycles. The molecule has 1 atom stereocenters. The van der Waals surface area contributed by atoms with Gasteiger partial charge >= 0.3 is 0 Å². The smallest absolute Gasteiger partial charge is 0.228 e. The van der Waals surface area contributed by atoms with Crippen LogP contribution in [0.3, 0.4) is 0 Å². The number of halogens is 1. The molecule has 29 heavy (non-hydrogen) atoms. The van der Waals surface area contributed by atoms with E-state index >= 15 is 0 Å². The molecule has 2 aromatic rings. The second-order valence-corrected chi connectivity index (χ2v) is 8.27. The first-order valence-electron chi connectivity index (χ1n) is 10.2. The van der Waals surface area contributed by atoms with E-state index in [4.69, 9.17) is 21.3 Å². The van der Waals surface area contributed by atoms with Gasteiger partial charge in [0.25, 0.3) is 0 Å². The molecular formula is C22H27ClN4O2. The lowest BCUT2D eigenvalue weighted by molar-refractivity contribution is -0.135. The van der Waals surface area contributed by atoms with Crippen molar-refractivity contribution in [3.63, 3.8) is 0 Å². The Morgan fingerprint density at radius 3 is 2.52 bits per heavy atom. The van der Waals surface area contributed by atoms with Crippen molar-refractivity contribution in [3.8, 4) is 0 Å². The number of carbonyl (C=O) groups is 1. The third-order valence-corrected chi connectivity index (χ3v) is 6.02. The van der Waals surface area contributed by atoms with Crippen LogP contribution in [0.25, 0.3) is 0 Å². The highest BCUT2D eigenvalue weighted by Gasteiger charge is 2.31. The molecule has 154 valence electrons. The number of amides is 1. The van der Waals surface area contributed by atoms with Crippen molar-refractivity contribution in [1.82, 2.24) is 14.9 Å². The number of hydrogen-bond donors (Lipinski definition) is 0. The summed E-state index contributed by atoms with van der Waals surface area (Å²) in [5.41, 5.74) is 3.33. The average Bonchev–Trinajstić information content (AvgIpc) is 3.26. The Labute approximate surface area is 176 Å². The zero-order valence-corrected chi connectivity index (χ0v) is 17.8. The van der Waals surface area contributed by atoms with Gasteiger partial charge in [0.2, 0.25) is 5.91 Å². The monoisotopic (exact) mass is 414 g/mol. The summed E-state index contributed by atoms with van der Waals surface area (Å²) in [5.74, 6) is 2.03. The lowest BCUT2D eigenvalue weighted by Gasteiger charge is -2.37. The number of benzene rings is 1. The molecule has 1 aromatic carbocycles. The Balaban J connectivity index is 1.50. The summed E-state index contributed by atoms with van der Waals surface area (Å²) in [6.07, 6.45) is 1.60. The third-order valence-electron chi connectivity index (χ3n) is 5.77. The number of anilines is 1. The summed E-state index contributed by atoms with van der Waals surface area (Å²) in [6.45, 7) is 8.24. The molecule has 6 nitrogen and oxygen atoms in total. The summed E-state index contributed by atoms with van der Waals surface area (Å²) < 4.78 is 5.38. The number of nitrogens with zero attached hydrogens (tertiary/aromatic N) is 4. The first-order valence-corrected chi connectivity index (χ1v) is 10.6. The fourth-order valence-electron chi connectivity index (χ4n) is 4.12. The molecule has 1 amide bonds. The SMILES string of the molecule is Cc1nc(C)c(Cc2ccc(Cl)cc2)c(N2CCN(C(=O)[C@H]3CCOC3)CC2)n1. The predicted molar refractivity (Wildman–Crippen MR) is 113 cm³/mol. The van der Waals surface area contributed by atoms with E-state index in [-0.39, 0.29) is 11.8 Å². The van der Waals surface area contributed by atoms with Gasteiger partial charge in [-0.25, -0.2) is 9.97 Å². The van der Waals surface area contributed by atoms with Crippen molar-refractivity contribution in [2.45, 2.75) is 26.7 Å². The second-order valence-electron chi connectivity index (χ2n) is 7.83. The maximum atomic E-state index is 12.7. The van der Waals surface area contributed by atoms with Gasteiger partial charge in [-0.2, -0.15) is 0 Å². The first kappa shape index (κ1) is 20.1. The minimum Gasteiger partial charge on any atom is -0.381 e. The van der Waals surface area contributed by atoms with Crippen molar-refractivity contribution < 1.29 is 9.53 Å². The summed E-state index contributed by atoms with van der Waals surface area (Å²) >= 11 is 6.03. The number of hydrogen-bond acceptors (Lipinski definition) is 5. The molecule has 0 N–H and O–H groups in total. The molecule has 1 aromatic heterocycles. The van der Waals surface area contributed by atoms with E-state index in [0.717, 1.165) is 66.9 Å². The summed E-state index contributed by atoms with van der Waals surface area (Å²) in [5, 5.41) is 0.735. The summed E-state index contributed by atoms with van der Waals surface area (Å²) in [4.78, 5) is 26.3. The number of aryl methyl sites for hydroxylation is 2. The van der Waals surface area contributed by atoms with Crippen LogP contribution in [-0.2, 0) is 16.0 Å². The van der Waals surface area contributed by atoms with Gasteiger partial charge in [0, 0.05) is 55.5 Å². The quantitative estimate of drug-likeness (QED) is 0.769. The summed E-state index contributed by atoms with van der Waals surface area (Å²) in [6, 6.07) is 7.92. The number of carbonyl (C=O) groups excluding carboxylic acids is 1. The van der Waals surface area contributed by atoms with E-state index in [1.165, 1.54) is 5.56 Å². The van der Waals surface area contributed by atoms with E-state index in [0.29, 0.717) is 13.2 Å². The third kappa shape index (κ3) is 4.54. The normalized spacial score (nSPS) is 19.6. The average molecular weight is 415 g/mol. The molecule has 0 saturated carbocycles. The van der Waals surface area contributed by atoms with Gasteiger partial charge in [-0.1, -0.05) is 23.7 Å². The van der Waals surface area contributed by atoms with Crippen LogP contribution in [0.2, 0.25) is 5.02 Å². The molecule has 4 rings (SSSR count). The lowest BCUT2D eigenvalue weighted by Crippen LogP contribution is -2.51. The topological polar surface area (TPSA) is 58.6 Å². The molecule has 0 radical (unpaired) electrons. The highest BCUT2D eigenvalue weighted by atomic mass is 35.5. The van der Waals surface area contributed by atoms with Gasteiger partial charge in [-0.05, 0) is 38.0 Å². The summed E-state index contributed by atoms with van der Waals surface area (Å²) in [7, 11) is 0. The Morgan fingerprint density at radius 1 is 1.14 bits per heavy atom. The van der Waals surface area contributed by atoms with Crippen LogP contribution in [-0.4, -0.2) is 60.2 Å². The Bertz CT molecular complexity index is 873.